The number of fused-ring (bicyclic) bond motifs is 1. The Bertz CT molecular complexity index is 1400. The number of nitrogens with zero attached hydrogens (tertiary/aromatic N) is 3. The van der Waals surface area contributed by atoms with Crippen LogP contribution >= 0.6 is 0 Å². The van der Waals surface area contributed by atoms with Gasteiger partial charge in [-0.25, -0.2) is 14.4 Å². The zero-order chi connectivity index (χ0) is 22.2. The summed E-state index contributed by atoms with van der Waals surface area (Å²) in [7, 11) is 0. The number of aromatic amines is 1. The monoisotopic (exact) mass is 417 g/mol. The molecule has 4 rings (SSSR count). The highest BCUT2D eigenvalue weighted by Gasteiger charge is 2.24. The molecule has 0 aliphatic carbocycles. The van der Waals surface area contributed by atoms with Crippen LogP contribution in [0.15, 0.2) is 53.6 Å². The number of nitrogen functional groups attached to an aromatic ring is 1. The van der Waals surface area contributed by atoms with Gasteiger partial charge in [0.05, 0.1) is 5.39 Å². The van der Waals surface area contributed by atoms with Crippen molar-refractivity contribution in [2.45, 2.75) is 26.0 Å². The van der Waals surface area contributed by atoms with E-state index in [4.69, 9.17) is 5.73 Å². The van der Waals surface area contributed by atoms with E-state index in [2.05, 4.69) is 26.8 Å². The predicted octanol–water partition coefficient (Wildman–Crippen LogP) is 2.79. The summed E-state index contributed by atoms with van der Waals surface area (Å²) in [4.78, 5) is 24.6. The van der Waals surface area contributed by atoms with Gasteiger partial charge in [0.15, 0.2) is 5.60 Å². The fourth-order valence-electron chi connectivity index (χ4n) is 3.46. The second-order valence-corrected chi connectivity index (χ2v) is 7.14. The topological polar surface area (TPSA) is 110 Å². The summed E-state index contributed by atoms with van der Waals surface area (Å²) in [6.07, 6.45) is 3.17. The number of anilines is 1. The van der Waals surface area contributed by atoms with Gasteiger partial charge in [0, 0.05) is 24.5 Å². The smallest absolute Gasteiger partial charge is 0.204 e. The van der Waals surface area contributed by atoms with Crippen LogP contribution in [0.5, 0.6) is 0 Å². The molecule has 0 fully saturated rings. The van der Waals surface area contributed by atoms with Crippen molar-refractivity contribution in [1.82, 2.24) is 19.5 Å². The molecular formula is C23H20FN5O2. The summed E-state index contributed by atoms with van der Waals surface area (Å²) in [6.45, 7) is 3.76. The minimum absolute atomic E-state index is 0.0705. The molecule has 1 unspecified atom stereocenters. The summed E-state index contributed by atoms with van der Waals surface area (Å²) in [5, 5.41) is 11.0. The van der Waals surface area contributed by atoms with Crippen molar-refractivity contribution in [2.75, 3.05) is 5.73 Å². The van der Waals surface area contributed by atoms with Gasteiger partial charge in [-0.1, -0.05) is 24.1 Å². The van der Waals surface area contributed by atoms with Crippen LogP contribution in [-0.2, 0) is 12.1 Å². The lowest BCUT2D eigenvalue weighted by Crippen LogP contribution is -2.20. The molecule has 0 saturated heterocycles. The van der Waals surface area contributed by atoms with Gasteiger partial charge in [-0.15, -0.1) is 0 Å². The highest BCUT2D eigenvalue weighted by molar-refractivity contribution is 5.86. The summed E-state index contributed by atoms with van der Waals surface area (Å²) < 4.78 is 15.8. The van der Waals surface area contributed by atoms with Crippen LogP contribution in [0.2, 0.25) is 0 Å². The summed E-state index contributed by atoms with van der Waals surface area (Å²) in [5.41, 5.74) is 5.31. The number of aliphatic hydroxyl groups is 1. The molecule has 8 heteroatoms. The Morgan fingerprint density at radius 2 is 2.06 bits per heavy atom. The molecule has 0 aliphatic heterocycles. The molecule has 3 aromatic heterocycles. The van der Waals surface area contributed by atoms with Crippen LogP contribution in [0.3, 0.4) is 0 Å². The van der Waals surface area contributed by atoms with Crippen LogP contribution in [0.4, 0.5) is 10.2 Å². The number of benzene rings is 1. The van der Waals surface area contributed by atoms with E-state index >= 15 is 0 Å². The van der Waals surface area contributed by atoms with E-state index in [1.807, 2.05) is 6.92 Å². The number of halogens is 1. The van der Waals surface area contributed by atoms with Gasteiger partial charge in [0.25, 0.3) is 0 Å². The normalized spacial score (nSPS) is 12.9. The van der Waals surface area contributed by atoms with Gasteiger partial charge in [-0.2, -0.15) is 0 Å². The average molecular weight is 417 g/mol. The van der Waals surface area contributed by atoms with Crippen molar-refractivity contribution in [3.8, 4) is 23.2 Å². The molecule has 156 valence electrons. The number of rotatable bonds is 3. The summed E-state index contributed by atoms with van der Waals surface area (Å²) >= 11 is 0. The fourth-order valence-corrected chi connectivity index (χ4v) is 3.46. The van der Waals surface area contributed by atoms with Crippen LogP contribution in [0, 0.1) is 17.7 Å². The Morgan fingerprint density at radius 3 is 2.74 bits per heavy atom. The molecule has 31 heavy (non-hydrogen) atoms. The number of pyridine rings is 2. The Balaban J connectivity index is 1.85. The highest BCUT2D eigenvalue weighted by Crippen LogP contribution is 2.25. The predicted molar refractivity (Wildman–Crippen MR) is 117 cm³/mol. The van der Waals surface area contributed by atoms with Crippen molar-refractivity contribution in [2.24, 2.45) is 0 Å². The van der Waals surface area contributed by atoms with Crippen molar-refractivity contribution < 1.29 is 9.50 Å². The maximum absolute atomic E-state index is 14.1. The van der Waals surface area contributed by atoms with Crippen molar-refractivity contribution >= 4 is 16.9 Å². The van der Waals surface area contributed by atoms with Gasteiger partial charge < -0.3 is 20.4 Å². The third-order valence-corrected chi connectivity index (χ3v) is 5.03. The minimum atomic E-state index is -1.71. The van der Waals surface area contributed by atoms with E-state index in [0.717, 1.165) is 0 Å². The standard InChI is InChI=1S/C23H20FN5O2/c1-3-29-20(25)18(21-26-12-13-27-21)19(30)15-9-8-14(28-22(15)29)10-11-23(2,31)16-6-4-5-7-17(16)24/h4-9,12-13,31H,3,25H2,1-2H3,(H,26,27). The number of H-pyrrole nitrogens is 1. The lowest BCUT2D eigenvalue weighted by molar-refractivity contribution is 0.117. The lowest BCUT2D eigenvalue weighted by atomic mass is 9.96. The van der Waals surface area contributed by atoms with E-state index in [0.29, 0.717) is 29.1 Å². The molecular weight excluding hydrogens is 397 g/mol. The second-order valence-electron chi connectivity index (χ2n) is 7.14. The van der Waals surface area contributed by atoms with E-state index in [1.54, 1.807) is 41.2 Å². The van der Waals surface area contributed by atoms with Gasteiger partial charge in [-0.05, 0) is 38.0 Å². The lowest BCUT2D eigenvalue weighted by Gasteiger charge is -2.17. The first-order chi connectivity index (χ1) is 14.8. The molecule has 0 spiro atoms. The number of hydrogen-bond acceptors (Lipinski definition) is 5. The molecule has 7 nitrogen and oxygen atoms in total. The third kappa shape index (κ3) is 3.56. The fraction of sp³-hybridized carbons (Fsp3) is 0.174. The van der Waals surface area contributed by atoms with Gasteiger partial charge in [0.2, 0.25) is 5.43 Å². The van der Waals surface area contributed by atoms with Crippen molar-refractivity contribution in [1.29, 1.82) is 0 Å². The summed E-state index contributed by atoms with van der Waals surface area (Å²) in [6, 6.07) is 9.10. The van der Waals surface area contributed by atoms with Crippen LogP contribution in [-0.4, -0.2) is 24.6 Å². The zero-order valence-corrected chi connectivity index (χ0v) is 17.0. The van der Waals surface area contributed by atoms with E-state index in [1.165, 1.54) is 19.1 Å². The zero-order valence-electron chi connectivity index (χ0n) is 17.0. The van der Waals surface area contributed by atoms with E-state index in [-0.39, 0.29) is 22.4 Å². The van der Waals surface area contributed by atoms with Gasteiger partial charge in [-0.3, -0.25) is 4.79 Å². The maximum atomic E-state index is 14.1. The number of nitrogens with one attached hydrogen (secondary N) is 1. The number of imidazole rings is 1. The number of hydrogen-bond donors (Lipinski definition) is 3. The molecule has 0 radical (unpaired) electrons. The SMILES string of the molecule is CCn1c(N)c(-c2ncc[nH]2)c(=O)c2ccc(C#CC(C)(O)c3ccccc3F)nc21. The number of aromatic nitrogens is 4. The average Bonchev–Trinajstić information content (AvgIpc) is 3.27. The number of aryl methyl sites for hydroxylation is 1. The Morgan fingerprint density at radius 1 is 1.29 bits per heavy atom. The maximum Gasteiger partial charge on any atom is 0.204 e. The molecule has 0 aliphatic rings. The molecule has 0 amide bonds. The third-order valence-electron chi connectivity index (χ3n) is 5.03. The largest absolute Gasteiger partial charge is 0.384 e. The highest BCUT2D eigenvalue weighted by atomic mass is 19.1. The van der Waals surface area contributed by atoms with Crippen LogP contribution in [0.1, 0.15) is 25.1 Å². The first kappa shape index (κ1) is 20.3. The molecule has 0 saturated carbocycles. The Hall–Kier alpha value is -3.96. The minimum Gasteiger partial charge on any atom is -0.384 e. The van der Waals surface area contributed by atoms with Crippen LogP contribution in [0.25, 0.3) is 22.4 Å². The van der Waals surface area contributed by atoms with Crippen LogP contribution < -0.4 is 11.2 Å². The second kappa shape index (κ2) is 7.70. The molecule has 1 aromatic carbocycles. The quantitative estimate of drug-likeness (QED) is 0.444. The number of nitrogens with two attached hydrogens (primary N) is 1. The van der Waals surface area contributed by atoms with E-state index in [9.17, 15) is 14.3 Å². The molecule has 1 atom stereocenters. The molecule has 0 bridgehead atoms. The first-order valence-corrected chi connectivity index (χ1v) is 9.66. The van der Waals surface area contributed by atoms with Crippen molar-refractivity contribution in [3.63, 3.8) is 0 Å². The van der Waals surface area contributed by atoms with Crippen molar-refractivity contribution in [3.05, 3.63) is 76.1 Å². The Kier molecular flexibility index (Phi) is 5.05. The van der Waals surface area contributed by atoms with E-state index < -0.39 is 11.4 Å². The first-order valence-electron chi connectivity index (χ1n) is 9.66. The Labute approximate surface area is 177 Å². The van der Waals surface area contributed by atoms with Gasteiger partial charge in [0.1, 0.15) is 34.4 Å². The summed E-state index contributed by atoms with van der Waals surface area (Å²) in [5.74, 6) is 5.53. The molecule has 4 aromatic rings. The molecule has 3 heterocycles. The molecule has 4 N–H and O–H groups in total. The van der Waals surface area contributed by atoms with Gasteiger partial charge >= 0.3 is 0 Å².